The van der Waals surface area contributed by atoms with Crippen molar-refractivity contribution in [2.75, 3.05) is 59.0 Å². The van der Waals surface area contributed by atoms with Gasteiger partial charge in [0, 0.05) is 25.8 Å². The number of ether oxygens (including phenoxy) is 2. The molecule has 0 spiro atoms. The van der Waals surface area contributed by atoms with E-state index < -0.39 is 0 Å². The SMILES string of the molecule is CN(C)c1ccc(CCCN(C)C2CCc3cc(OCCOCCO)ccc32)cc1. The molecule has 5 heteroatoms. The van der Waals surface area contributed by atoms with E-state index in [1.165, 1.54) is 35.2 Å². The van der Waals surface area contributed by atoms with E-state index in [2.05, 4.69) is 73.4 Å². The lowest BCUT2D eigenvalue weighted by Gasteiger charge is -2.25. The smallest absolute Gasteiger partial charge is 0.119 e. The van der Waals surface area contributed by atoms with Gasteiger partial charge in [-0.25, -0.2) is 0 Å². The maximum atomic E-state index is 8.73. The Morgan fingerprint density at radius 2 is 1.80 bits per heavy atom. The maximum absolute atomic E-state index is 8.73. The first-order valence-electron chi connectivity index (χ1n) is 11.0. The maximum Gasteiger partial charge on any atom is 0.119 e. The largest absolute Gasteiger partial charge is 0.491 e. The second-order valence-electron chi connectivity index (χ2n) is 8.24. The molecule has 0 heterocycles. The van der Waals surface area contributed by atoms with Crippen molar-refractivity contribution in [1.29, 1.82) is 0 Å². The number of hydrogen-bond acceptors (Lipinski definition) is 5. The van der Waals surface area contributed by atoms with E-state index in [-0.39, 0.29) is 6.61 Å². The summed E-state index contributed by atoms with van der Waals surface area (Å²) in [5, 5.41) is 8.73. The molecular weight excluding hydrogens is 376 g/mol. The Bertz CT molecular complexity index is 776. The molecule has 2 aromatic carbocycles. The summed E-state index contributed by atoms with van der Waals surface area (Å²) in [6, 6.07) is 15.9. The first kappa shape index (κ1) is 22.6. The van der Waals surface area contributed by atoms with E-state index in [1.54, 1.807) is 0 Å². The molecule has 0 amide bonds. The molecule has 0 aliphatic heterocycles. The normalized spacial score (nSPS) is 15.4. The summed E-state index contributed by atoms with van der Waals surface area (Å²) < 4.78 is 11.0. The van der Waals surface area contributed by atoms with Crippen LogP contribution in [0, 0.1) is 0 Å². The zero-order chi connectivity index (χ0) is 21.3. The zero-order valence-corrected chi connectivity index (χ0v) is 18.6. The Morgan fingerprint density at radius 3 is 2.53 bits per heavy atom. The average molecular weight is 413 g/mol. The van der Waals surface area contributed by atoms with Crippen LogP contribution < -0.4 is 9.64 Å². The van der Waals surface area contributed by atoms with Crippen molar-refractivity contribution in [3.05, 3.63) is 59.2 Å². The molecular formula is C25H36N2O3. The highest BCUT2D eigenvalue weighted by Gasteiger charge is 2.25. The average Bonchev–Trinajstić information content (AvgIpc) is 3.17. The third kappa shape index (κ3) is 6.21. The molecule has 30 heavy (non-hydrogen) atoms. The molecule has 0 saturated carbocycles. The first-order valence-corrected chi connectivity index (χ1v) is 11.0. The minimum atomic E-state index is 0.0521. The molecule has 0 fully saturated rings. The third-order valence-corrected chi connectivity index (χ3v) is 5.85. The van der Waals surface area contributed by atoms with Gasteiger partial charge in [0.05, 0.1) is 19.8 Å². The van der Waals surface area contributed by atoms with E-state index in [4.69, 9.17) is 14.6 Å². The van der Waals surface area contributed by atoms with Crippen LogP contribution in [0.25, 0.3) is 0 Å². The van der Waals surface area contributed by atoms with Gasteiger partial charge in [0.2, 0.25) is 0 Å². The summed E-state index contributed by atoms with van der Waals surface area (Å²) >= 11 is 0. The van der Waals surface area contributed by atoms with Crippen LogP contribution >= 0.6 is 0 Å². The Hall–Kier alpha value is -2.08. The van der Waals surface area contributed by atoms with Crippen LogP contribution in [-0.2, 0) is 17.6 Å². The lowest BCUT2D eigenvalue weighted by atomic mass is 10.1. The summed E-state index contributed by atoms with van der Waals surface area (Å²) in [6.45, 7) is 2.53. The van der Waals surface area contributed by atoms with Crippen LogP contribution in [0.5, 0.6) is 5.75 Å². The van der Waals surface area contributed by atoms with Crippen molar-refractivity contribution >= 4 is 5.69 Å². The lowest BCUT2D eigenvalue weighted by molar-refractivity contribution is 0.0705. The Morgan fingerprint density at radius 1 is 1.00 bits per heavy atom. The molecule has 2 aromatic rings. The second kappa shape index (κ2) is 11.3. The fraction of sp³-hybridized carbons (Fsp3) is 0.520. The Balaban J connectivity index is 1.46. The zero-order valence-electron chi connectivity index (χ0n) is 18.6. The van der Waals surface area contributed by atoms with Crippen molar-refractivity contribution in [2.24, 2.45) is 0 Å². The van der Waals surface area contributed by atoms with Gasteiger partial charge in [0.15, 0.2) is 0 Å². The van der Waals surface area contributed by atoms with Crippen LogP contribution in [0.4, 0.5) is 5.69 Å². The number of aliphatic hydroxyl groups excluding tert-OH is 1. The molecule has 0 radical (unpaired) electrons. The molecule has 1 aliphatic rings. The summed E-state index contributed by atoms with van der Waals surface area (Å²) in [7, 11) is 6.40. The van der Waals surface area contributed by atoms with Crippen LogP contribution in [-0.4, -0.2) is 64.1 Å². The van der Waals surface area contributed by atoms with E-state index in [0.717, 1.165) is 25.1 Å². The standard InChI is InChI=1S/C25H36N2O3/c1-26(2)22-9-6-20(7-10-22)5-4-14-27(3)25-13-8-21-19-23(11-12-24(21)25)30-18-17-29-16-15-28/h6-7,9-12,19,25,28H,4-5,8,13-18H2,1-3H3. The van der Waals surface area contributed by atoms with Crippen molar-refractivity contribution in [3.63, 3.8) is 0 Å². The van der Waals surface area contributed by atoms with E-state index in [0.29, 0.717) is 25.9 Å². The number of nitrogens with zero attached hydrogens (tertiary/aromatic N) is 2. The molecule has 0 saturated heterocycles. The van der Waals surface area contributed by atoms with Gasteiger partial charge < -0.3 is 19.5 Å². The highest BCUT2D eigenvalue weighted by molar-refractivity contribution is 5.46. The van der Waals surface area contributed by atoms with Gasteiger partial charge >= 0.3 is 0 Å². The highest BCUT2D eigenvalue weighted by Crippen LogP contribution is 2.37. The van der Waals surface area contributed by atoms with Crippen molar-refractivity contribution in [2.45, 2.75) is 31.7 Å². The van der Waals surface area contributed by atoms with E-state index in [1.807, 2.05) is 0 Å². The molecule has 1 unspecified atom stereocenters. The Labute approximate surface area is 181 Å². The molecule has 1 N–H and O–H groups in total. The molecule has 1 atom stereocenters. The monoisotopic (exact) mass is 412 g/mol. The second-order valence-corrected chi connectivity index (χ2v) is 8.24. The molecule has 1 aliphatic carbocycles. The quantitative estimate of drug-likeness (QED) is 0.539. The number of anilines is 1. The number of rotatable bonds is 12. The topological polar surface area (TPSA) is 45.2 Å². The number of aryl methyl sites for hydroxylation is 2. The van der Waals surface area contributed by atoms with E-state index >= 15 is 0 Å². The molecule has 5 nitrogen and oxygen atoms in total. The van der Waals surface area contributed by atoms with Crippen molar-refractivity contribution in [3.8, 4) is 5.75 Å². The molecule has 164 valence electrons. The van der Waals surface area contributed by atoms with Gasteiger partial charge in [-0.1, -0.05) is 18.2 Å². The van der Waals surface area contributed by atoms with Crippen LogP contribution in [0.3, 0.4) is 0 Å². The van der Waals surface area contributed by atoms with Gasteiger partial charge in [-0.15, -0.1) is 0 Å². The van der Waals surface area contributed by atoms with Crippen molar-refractivity contribution < 1.29 is 14.6 Å². The number of benzene rings is 2. The van der Waals surface area contributed by atoms with Crippen LogP contribution in [0.2, 0.25) is 0 Å². The predicted octanol–water partition coefficient (Wildman–Crippen LogP) is 3.69. The molecule has 0 bridgehead atoms. The Kier molecular flexibility index (Phi) is 8.55. The van der Waals surface area contributed by atoms with Crippen LogP contribution in [0.1, 0.15) is 35.6 Å². The molecule has 3 rings (SSSR count). The highest BCUT2D eigenvalue weighted by atomic mass is 16.5. The van der Waals surface area contributed by atoms with Gasteiger partial charge in [-0.3, -0.25) is 4.90 Å². The van der Waals surface area contributed by atoms with Gasteiger partial charge in [-0.05, 0) is 80.2 Å². The molecule has 0 aromatic heterocycles. The van der Waals surface area contributed by atoms with Gasteiger partial charge in [0.1, 0.15) is 12.4 Å². The fourth-order valence-electron chi connectivity index (χ4n) is 4.15. The summed E-state index contributed by atoms with van der Waals surface area (Å²) in [5.41, 5.74) is 5.50. The summed E-state index contributed by atoms with van der Waals surface area (Å²) in [6.07, 6.45) is 4.56. The minimum absolute atomic E-state index is 0.0521. The van der Waals surface area contributed by atoms with Crippen LogP contribution in [0.15, 0.2) is 42.5 Å². The number of aliphatic hydroxyl groups is 1. The van der Waals surface area contributed by atoms with E-state index in [9.17, 15) is 0 Å². The summed E-state index contributed by atoms with van der Waals surface area (Å²) in [4.78, 5) is 4.64. The predicted molar refractivity (Wildman–Crippen MR) is 123 cm³/mol. The van der Waals surface area contributed by atoms with Crippen molar-refractivity contribution in [1.82, 2.24) is 4.90 Å². The minimum Gasteiger partial charge on any atom is -0.491 e. The van der Waals surface area contributed by atoms with Gasteiger partial charge in [0.25, 0.3) is 0 Å². The fourth-order valence-corrected chi connectivity index (χ4v) is 4.15. The third-order valence-electron chi connectivity index (χ3n) is 5.85. The lowest BCUT2D eigenvalue weighted by Crippen LogP contribution is -2.24. The number of hydrogen-bond donors (Lipinski definition) is 1. The summed E-state index contributed by atoms with van der Waals surface area (Å²) in [5.74, 6) is 0.908. The van der Waals surface area contributed by atoms with Gasteiger partial charge in [-0.2, -0.15) is 0 Å². The number of fused-ring (bicyclic) bond motifs is 1. The first-order chi connectivity index (χ1) is 14.6.